The first-order chi connectivity index (χ1) is 35.0. The van der Waals surface area contributed by atoms with Crippen LogP contribution in [-0.2, 0) is 47.9 Å². The van der Waals surface area contributed by atoms with Gasteiger partial charge in [-0.1, -0.05) is 82.1 Å². The summed E-state index contributed by atoms with van der Waals surface area (Å²) in [6.45, 7) is 17.8. The Hall–Kier alpha value is -5.37. The molecule has 430 valence electrons. The summed E-state index contributed by atoms with van der Waals surface area (Å²) in [4.78, 5) is 139. The van der Waals surface area contributed by atoms with Gasteiger partial charge >= 0.3 is 5.97 Å². The first kappa shape index (κ1) is 69.6. The van der Waals surface area contributed by atoms with Gasteiger partial charge in [0.05, 0.1) is 12.5 Å². The summed E-state index contributed by atoms with van der Waals surface area (Å²) in [7, 11) is 0. The maximum absolute atomic E-state index is 14.3. The zero-order chi connectivity index (χ0) is 57.7. The van der Waals surface area contributed by atoms with Gasteiger partial charge < -0.3 is 70.6 Å². The van der Waals surface area contributed by atoms with E-state index in [-0.39, 0.29) is 56.4 Å². The zero-order valence-corrected chi connectivity index (χ0v) is 47.8. The van der Waals surface area contributed by atoms with Crippen LogP contribution in [0.3, 0.4) is 0 Å². The second-order valence-electron chi connectivity index (χ2n) is 20.2. The molecule has 0 bridgehead atoms. The van der Waals surface area contributed by atoms with Crippen molar-refractivity contribution in [1.82, 2.24) is 42.5 Å². The average molecular weight is 1100 g/mol. The number of nitrogens with one attached hydrogen (secondary N) is 8. The van der Waals surface area contributed by atoms with E-state index in [2.05, 4.69) is 47.5 Å². The molecular weight excluding hydrogens is 1010 g/mol. The van der Waals surface area contributed by atoms with Crippen LogP contribution in [-0.4, -0.2) is 155 Å². The molecule has 24 nitrogen and oxygen atoms in total. The number of nitrogens with two attached hydrogens (primary N) is 4. The minimum atomic E-state index is -1.56. The van der Waals surface area contributed by atoms with Crippen molar-refractivity contribution in [2.45, 2.75) is 181 Å². The molecular formula is C49H91N13O11S2. The van der Waals surface area contributed by atoms with Gasteiger partial charge in [0, 0.05) is 6.54 Å². The Balaban J connectivity index is 6.66. The van der Waals surface area contributed by atoms with Crippen molar-refractivity contribution in [3.05, 3.63) is 0 Å². The van der Waals surface area contributed by atoms with Crippen LogP contribution in [0.25, 0.3) is 0 Å². The summed E-state index contributed by atoms with van der Waals surface area (Å²) in [5, 5.41) is 31.1. The molecule has 0 aromatic rings. The van der Waals surface area contributed by atoms with E-state index in [1.54, 1.807) is 47.8 Å². The fourth-order valence-electron chi connectivity index (χ4n) is 7.49. The SMILES string of the molecule is CC[C@H](C)[C@H](NC(=O)[C@H](CC(C)C)NC(=O)[C@H](CC(C)C)NC(=O)[C@H](CCSC)NC(=O)[C@@H](NC(=O)[C@H](CC(N)=O)NC(=O)[C@@H](NC(=O)[C@@H](N)CCSC)C(C)C)[C@@H](C)CC)C(=O)N[C@@H](CCCN=C(N)N)C(=O)O. The molecule has 0 spiro atoms. The number of carboxylic acid groups (broad SMARTS) is 1. The minimum absolute atomic E-state index is 0.00314. The molecule has 0 saturated heterocycles. The third kappa shape index (κ3) is 27.3. The van der Waals surface area contributed by atoms with Gasteiger partial charge in [0.15, 0.2) is 5.96 Å². The number of rotatable bonds is 38. The summed E-state index contributed by atoms with van der Waals surface area (Å²) in [6.07, 6.45) is 4.73. The van der Waals surface area contributed by atoms with E-state index in [1.165, 1.54) is 23.5 Å². The highest BCUT2D eigenvalue weighted by Gasteiger charge is 2.37. The van der Waals surface area contributed by atoms with Crippen molar-refractivity contribution in [3.63, 3.8) is 0 Å². The Morgan fingerprint density at radius 2 is 0.880 bits per heavy atom. The number of hydrogen-bond acceptors (Lipinski definition) is 14. The first-order valence-electron chi connectivity index (χ1n) is 25.8. The highest BCUT2D eigenvalue weighted by Crippen LogP contribution is 2.16. The largest absolute Gasteiger partial charge is 0.480 e. The molecule has 0 heterocycles. The fourth-order valence-corrected chi connectivity index (χ4v) is 8.45. The van der Waals surface area contributed by atoms with Crippen LogP contribution < -0.4 is 65.5 Å². The number of carbonyl (C=O) groups excluding carboxylic acids is 9. The number of hydrogen-bond donors (Lipinski definition) is 13. The predicted molar refractivity (Wildman–Crippen MR) is 293 cm³/mol. The summed E-state index contributed by atoms with van der Waals surface area (Å²) in [5.74, 6) is -9.14. The summed E-state index contributed by atoms with van der Waals surface area (Å²) in [5.41, 5.74) is 22.3. The van der Waals surface area contributed by atoms with Crippen LogP contribution in [0.15, 0.2) is 4.99 Å². The molecule has 75 heavy (non-hydrogen) atoms. The van der Waals surface area contributed by atoms with Crippen molar-refractivity contribution in [2.24, 2.45) is 57.5 Å². The summed E-state index contributed by atoms with van der Waals surface area (Å²) in [6, 6.07) is -11.1. The van der Waals surface area contributed by atoms with Gasteiger partial charge in [0.25, 0.3) is 0 Å². The Labute approximate surface area is 452 Å². The smallest absolute Gasteiger partial charge is 0.326 e. The van der Waals surface area contributed by atoms with Gasteiger partial charge in [-0.25, -0.2) is 4.79 Å². The second kappa shape index (κ2) is 36.6. The summed E-state index contributed by atoms with van der Waals surface area (Å²) >= 11 is 2.89. The highest BCUT2D eigenvalue weighted by atomic mass is 32.2. The zero-order valence-electron chi connectivity index (χ0n) is 46.2. The van der Waals surface area contributed by atoms with Crippen molar-refractivity contribution in [3.8, 4) is 0 Å². The molecule has 11 atom stereocenters. The van der Waals surface area contributed by atoms with Gasteiger partial charge in [-0.15, -0.1) is 0 Å². The lowest BCUT2D eigenvalue weighted by atomic mass is 9.95. The number of aliphatic carboxylic acids is 1. The molecule has 0 aliphatic heterocycles. The van der Waals surface area contributed by atoms with Crippen LogP contribution in [0.1, 0.15) is 127 Å². The molecule has 0 aliphatic rings. The first-order valence-corrected chi connectivity index (χ1v) is 28.6. The Morgan fingerprint density at radius 3 is 1.29 bits per heavy atom. The third-order valence-corrected chi connectivity index (χ3v) is 13.6. The van der Waals surface area contributed by atoms with E-state index in [0.29, 0.717) is 30.8 Å². The quantitative estimate of drug-likeness (QED) is 0.0212. The Bertz CT molecular complexity index is 1910. The van der Waals surface area contributed by atoms with Gasteiger partial charge in [0.1, 0.15) is 48.3 Å². The second-order valence-corrected chi connectivity index (χ2v) is 22.1. The van der Waals surface area contributed by atoms with Crippen molar-refractivity contribution in [1.29, 1.82) is 0 Å². The van der Waals surface area contributed by atoms with E-state index in [9.17, 15) is 53.1 Å². The van der Waals surface area contributed by atoms with Crippen LogP contribution in [0.2, 0.25) is 0 Å². The maximum atomic E-state index is 14.3. The number of amides is 9. The number of nitrogens with zero attached hydrogens (tertiary/aromatic N) is 1. The molecule has 0 aromatic carbocycles. The molecule has 9 amide bonds. The van der Waals surface area contributed by atoms with Crippen LogP contribution in [0, 0.1) is 29.6 Å². The number of thioether (sulfide) groups is 2. The monoisotopic (exact) mass is 1100 g/mol. The fraction of sp³-hybridized carbons (Fsp3) is 0.776. The molecule has 0 unspecified atom stereocenters. The van der Waals surface area contributed by atoms with Gasteiger partial charge in [-0.3, -0.25) is 48.1 Å². The molecule has 26 heteroatoms. The van der Waals surface area contributed by atoms with E-state index < -0.39 is 138 Å². The normalized spacial score (nSPS) is 15.7. The number of aliphatic imine (C=N–C) groups is 1. The van der Waals surface area contributed by atoms with Gasteiger partial charge in [0.2, 0.25) is 53.2 Å². The Morgan fingerprint density at radius 1 is 0.493 bits per heavy atom. The topological polar surface area (TPSA) is 404 Å². The van der Waals surface area contributed by atoms with Crippen molar-refractivity contribution in [2.75, 3.05) is 30.6 Å². The number of guanidine groups is 1. The summed E-state index contributed by atoms with van der Waals surface area (Å²) < 4.78 is 0. The van der Waals surface area contributed by atoms with Crippen LogP contribution >= 0.6 is 23.5 Å². The van der Waals surface area contributed by atoms with Crippen LogP contribution in [0.5, 0.6) is 0 Å². The van der Waals surface area contributed by atoms with Gasteiger partial charge in [-0.2, -0.15) is 23.5 Å². The number of carboxylic acids is 1. The minimum Gasteiger partial charge on any atom is -0.480 e. The number of primary amides is 1. The molecule has 0 aromatic heterocycles. The molecule has 0 rings (SSSR count). The maximum Gasteiger partial charge on any atom is 0.326 e. The van der Waals surface area contributed by atoms with E-state index in [0.717, 1.165) is 0 Å². The third-order valence-electron chi connectivity index (χ3n) is 12.3. The molecule has 17 N–H and O–H groups in total. The molecule has 0 aliphatic carbocycles. The molecule has 0 fully saturated rings. The average Bonchev–Trinajstić information content (AvgIpc) is 3.32. The lowest BCUT2D eigenvalue weighted by Gasteiger charge is -2.30. The molecule has 0 radical (unpaired) electrons. The standard InChI is InChI=1S/C49H91N13O11S2/c1-13-28(9)38(62-44(68)35(24-36(51)63)59-45(69)37(27(7)8)60-40(64)30(50)17-20-74-11)46(70)55-31(18-21-75-12)41(65)57-33(22-25(3)4)42(66)58-34(23-26(5)6)43(67)61-39(29(10)14-2)47(71)56-32(48(72)73)16-15-19-54-49(52)53/h25-35,37-39H,13-24,50H2,1-12H3,(H2,51,63)(H,55,70)(H,56,71)(H,57,65)(H,58,66)(H,59,69)(H,60,64)(H,61,67)(H,62,68)(H,72,73)(H4,52,53,54)/t28-,29-,30-,31-,32-,33-,34-,35-,37-,38-,39-/m0/s1. The Kier molecular flexibility index (Phi) is 34.0. The van der Waals surface area contributed by atoms with Gasteiger partial charge in [-0.05, 0) is 92.1 Å². The van der Waals surface area contributed by atoms with E-state index in [4.69, 9.17) is 22.9 Å². The van der Waals surface area contributed by atoms with Crippen molar-refractivity contribution < 1.29 is 53.1 Å². The van der Waals surface area contributed by atoms with Crippen molar-refractivity contribution >= 4 is 88.6 Å². The lowest BCUT2D eigenvalue weighted by molar-refractivity contribution is -0.143. The number of carbonyl (C=O) groups is 10. The molecule has 0 saturated carbocycles. The van der Waals surface area contributed by atoms with Crippen LogP contribution in [0.4, 0.5) is 0 Å². The lowest BCUT2D eigenvalue weighted by Crippen LogP contribution is -2.62. The predicted octanol–water partition coefficient (Wildman–Crippen LogP) is -0.448. The van der Waals surface area contributed by atoms with E-state index in [1.807, 2.05) is 34.0 Å². The van der Waals surface area contributed by atoms with E-state index >= 15 is 0 Å². The highest BCUT2D eigenvalue weighted by molar-refractivity contribution is 7.98.